The van der Waals surface area contributed by atoms with Crippen LogP contribution in [0.4, 0.5) is 0 Å². The van der Waals surface area contributed by atoms with Gasteiger partial charge in [-0.25, -0.2) is 4.98 Å². The van der Waals surface area contributed by atoms with E-state index in [1.807, 2.05) is 22.8 Å². The van der Waals surface area contributed by atoms with Gasteiger partial charge in [-0.15, -0.1) is 11.6 Å². The van der Waals surface area contributed by atoms with Crippen LogP contribution in [-0.4, -0.2) is 9.55 Å². The number of nitriles is 1. The van der Waals surface area contributed by atoms with Crippen LogP contribution in [-0.2, 0) is 5.88 Å². The van der Waals surface area contributed by atoms with Crippen molar-refractivity contribution < 1.29 is 0 Å². The van der Waals surface area contributed by atoms with Gasteiger partial charge >= 0.3 is 0 Å². The number of imidazole rings is 1. The molecule has 0 aliphatic heterocycles. The van der Waals surface area contributed by atoms with Crippen LogP contribution in [0.25, 0.3) is 16.7 Å². The SMILES string of the molecule is N#Cc1cc(Br)ccc1-n1c(CCl)nc2cc(Cl)ccc21. The van der Waals surface area contributed by atoms with Gasteiger partial charge in [0.15, 0.2) is 0 Å². The average Bonchev–Trinajstić information content (AvgIpc) is 2.84. The molecule has 1 aromatic heterocycles. The maximum Gasteiger partial charge on any atom is 0.129 e. The first-order valence-corrected chi connectivity index (χ1v) is 7.77. The average molecular weight is 381 g/mol. The van der Waals surface area contributed by atoms with Crippen molar-refractivity contribution in [2.24, 2.45) is 0 Å². The Kier molecular flexibility index (Phi) is 3.90. The van der Waals surface area contributed by atoms with E-state index in [9.17, 15) is 5.26 Å². The number of rotatable bonds is 2. The fourth-order valence-corrected chi connectivity index (χ4v) is 2.96. The van der Waals surface area contributed by atoms with Crippen molar-refractivity contribution in [3.63, 3.8) is 0 Å². The fourth-order valence-electron chi connectivity index (χ4n) is 2.25. The normalized spacial score (nSPS) is 10.8. The molecule has 3 nitrogen and oxygen atoms in total. The van der Waals surface area contributed by atoms with Gasteiger partial charge in [-0.1, -0.05) is 27.5 Å². The number of alkyl halides is 1. The second-order valence-corrected chi connectivity index (χ2v) is 6.02. The van der Waals surface area contributed by atoms with Crippen molar-refractivity contribution in [3.8, 4) is 11.8 Å². The van der Waals surface area contributed by atoms with Crippen LogP contribution in [0.15, 0.2) is 40.9 Å². The van der Waals surface area contributed by atoms with Gasteiger partial charge in [0.25, 0.3) is 0 Å². The lowest BCUT2D eigenvalue weighted by Gasteiger charge is -2.10. The van der Waals surface area contributed by atoms with Crippen LogP contribution in [0.2, 0.25) is 5.02 Å². The first-order valence-electron chi connectivity index (χ1n) is 6.07. The summed E-state index contributed by atoms with van der Waals surface area (Å²) >= 11 is 15.4. The number of halogens is 3. The van der Waals surface area contributed by atoms with Gasteiger partial charge in [0.2, 0.25) is 0 Å². The van der Waals surface area contributed by atoms with Crippen molar-refractivity contribution >= 4 is 50.2 Å². The molecule has 0 radical (unpaired) electrons. The van der Waals surface area contributed by atoms with Gasteiger partial charge in [-0.2, -0.15) is 5.26 Å². The highest BCUT2D eigenvalue weighted by molar-refractivity contribution is 9.10. The van der Waals surface area contributed by atoms with E-state index in [1.54, 1.807) is 18.2 Å². The number of benzene rings is 2. The molecule has 0 saturated carbocycles. The van der Waals surface area contributed by atoms with Crippen molar-refractivity contribution in [1.82, 2.24) is 9.55 Å². The molecule has 0 aliphatic carbocycles. The minimum atomic E-state index is 0.243. The van der Waals surface area contributed by atoms with E-state index >= 15 is 0 Å². The third kappa shape index (κ3) is 2.53. The first-order chi connectivity index (χ1) is 10.1. The molecule has 6 heteroatoms. The molecule has 0 unspecified atom stereocenters. The molecule has 104 valence electrons. The maximum absolute atomic E-state index is 9.36. The molecule has 0 saturated heterocycles. The molecule has 0 fully saturated rings. The Morgan fingerprint density at radius 3 is 2.76 bits per heavy atom. The number of nitrogens with zero attached hydrogens (tertiary/aromatic N) is 3. The lowest BCUT2D eigenvalue weighted by Crippen LogP contribution is -2.01. The molecular weight excluding hydrogens is 373 g/mol. The second-order valence-electron chi connectivity index (χ2n) is 4.40. The summed E-state index contributed by atoms with van der Waals surface area (Å²) in [7, 11) is 0. The number of hydrogen-bond acceptors (Lipinski definition) is 2. The minimum absolute atomic E-state index is 0.243. The predicted molar refractivity (Wildman–Crippen MR) is 88.1 cm³/mol. The van der Waals surface area contributed by atoms with E-state index in [4.69, 9.17) is 23.2 Å². The van der Waals surface area contributed by atoms with E-state index < -0.39 is 0 Å². The summed E-state index contributed by atoms with van der Waals surface area (Å²) in [5.74, 6) is 0.917. The molecule has 2 aromatic carbocycles. The third-order valence-corrected chi connectivity index (χ3v) is 4.09. The molecule has 21 heavy (non-hydrogen) atoms. The van der Waals surface area contributed by atoms with Crippen molar-refractivity contribution in [1.29, 1.82) is 5.26 Å². The van der Waals surface area contributed by atoms with Gasteiger partial charge in [0.1, 0.15) is 11.9 Å². The molecule has 0 N–H and O–H groups in total. The molecular formula is C15H8BrCl2N3. The highest BCUT2D eigenvalue weighted by Gasteiger charge is 2.15. The van der Waals surface area contributed by atoms with Gasteiger partial charge in [0.05, 0.1) is 28.2 Å². The Bertz CT molecular complexity index is 880. The molecule has 0 bridgehead atoms. The quantitative estimate of drug-likeness (QED) is 0.583. The number of aromatic nitrogens is 2. The van der Waals surface area contributed by atoms with Crippen molar-refractivity contribution in [2.45, 2.75) is 5.88 Å². The number of hydrogen-bond donors (Lipinski definition) is 0. The first kappa shape index (κ1) is 14.4. The number of fused-ring (bicyclic) bond motifs is 1. The Morgan fingerprint density at radius 1 is 1.24 bits per heavy atom. The summed E-state index contributed by atoms with van der Waals surface area (Å²) < 4.78 is 2.74. The topological polar surface area (TPSA) is 41.6 Å². The second kappa shape index (κ2) is 5.69. The van der Waals surface area contributed by atoms with Gasteiger partial charge in [0, 0.05) is 9.50 Å². The predicted octanol–water partition coefficient (Wildman–Crippen LogP) is 5.05. The monoisotopic (exact) mass is 379 g/mol. The summed E-state index contributed by atoms with van der Waals surface area (Å²) in [5, 5.41) is 9.98. The minimum Gasteiger partial charge on any atom is -0.294 e. The molecule has 3 rings (SSSR count). The summed E-state index contributed by atoms with van der Waals surface area (Å²) in [6.45, 7) is 0. The van der Waals surface area contributed by atoms with Crippen LogP contribution in [0, 0.1) is 11.3 Å². The zero-order valence-electron chi connectivity index (χ0n) is 10.6. The summed E-state index contributed by atoms with van der Waals surface area (Å²) in [4.78, 5) is 4.49. The summed E-state index contributed by atoms with van der Waals surface area (Å²) in [6.07, 6.45) is 0. The molecule has 0 atom stereocenters. The van der Waals surface area contributed by atoms with Crippen LogP contribution in [0.1, 0.15) is 11.4 Å². The molecule has 0 aliphatic rings. The van der Waals surface area contributed by atoms with Crippen molar-refractivity contribution in [2.75, 3.05) is 0 Å². The lowest BCUT2D eigenvalue weighted by molar-refractivity contribution is 0.978. The molecule has 3 aromatic rings. The smallest absolute Gasteiger partial charge is 0.129 e. The Labute approximate surface area is 139 Å². The van der Waals surface area contributed by atoms with Crippen LogP contribution < -0.4 is 0 Å². The van der Waals surface area contributed by atoms with Gasteiger partial charge in [-0.3, -0.25) is 4.57 Å². The van der Waals surface area contributed by atoms with E-state index in [2.05, 4.69) is 27.0 Å². The van der Waals surface area contributed by atoms with E-state index in [0.29, 0.717) is 16.4 Å². The van der Waals surface area contributed by atoms with Gasteiger partial charge < -0.3 is 0 Å². The maximum atomic E-state index is 9.36. The third-order valence-electron chi connectivity index (χ3n) is 3.13. The van der Waals surface area contributed by atoms with E-state index in [0.717, 1.165) is 21.2 Å². The molecule has 1 heterocycles. The Hall–Kier alpha value is -1.54. The summed E-state index contributed by atoms with van der Waals surface area (Å²) in [5.41, 5.74) is 2.92. The zero-order chi connectivity index (χ0) is 15.0. The highest BCUT2D eigenvalue weighted by atomic mass is 79.9. The van der Waals surface area contributed by atoms with Crippen molar-refractivity contribution in [3.05, 3.63) is 57.3 Å². The van der Waals surface area contributed by atoms with Crippen LogP contribution >= 0.6 is 39.1 Å². The fraction of sp³-hybridized carbons (Fsp3) is 0.0667. The standard InChI is InChI=1S/C15H8BrCl2N3/c16-10-1-3-13(9(5-10)8-19)21-14-4-2-11(18)6-12(14)20-15(21)7-17/h1-6H,7H2. The summed E-state index contributed by atoms with van der Waals surface area (Å²) in [6, 6.07) is 13.2. The van der Waals surface area contributed by atoms with Gasteiger partial charge in [-0.05, 0) is 36.4 Å². The van der Waals surface area contributed by atoms with E-state index in [-0.39, 0.29) is 5.88 Å². The van der Waals surface area contributed by atoms with Crippen LogP contribution in [0.5, 0.6) is 0 Å². The molecule has 0 amide bonds. The van der Waals surface area contributed by atoms with E-state index in [1.165, 1.54) is 0 Å². The van der Waals surface area contributed by atoms with Crippen LogP contribution in [0.3, 0.4) is 0 Å². The highest BCUT2D eigenvalue weighted by Crippen LogP contribution is 2.28. The Balaban J connectivity index is 2.37. The zero-order valence-corrected chi connectivity index (χ0v) is 13.7. The molecule has 0 spiro atoms. The largest absolute Gasteiger partial charge is 0.294 e. The Morgan fingerprint density at radius 2 is 2.05 bits per heavy atom. The lowest BCUT2D eigenvalue weighted by atomic mass is 10.2.